The molecule has 214 valence electrons. The number of nitrogens with one attached hydrogen (secondary N) is 5. The lowest BCUT2D eigenvalue weighted by atomic mass is 9.85. The van der Waals surface area contributed by atoms with Crippen LogP contribution in [-0.2, 0) is 20.8 Å². The van der Waals surface area contributed by atoms with Crippen LogP contribution in [-0.4, -0.2) is 68.1 Å². The molecule has 1 saturated heterocycles. The smallest absolute Gasteiger partial charge is 0.246 e. The van der Waals surface area contributed by atoms with Crippen molar-refractivity contribution in [3.8, 4) is 5.75 Å². The van der Waals surface area contributed by atoms with E-state index in [1.54, 1.807) is 0 Å². The summed E-state index contributed by atoms with van der Waals surface area (Å²) in [5, 5.41) is 15.6. The second kappa shape index (κ2) is 14.1. The molecule has 2 atom stereocenters. The third kappa shape index (κ3) is 7.70. The van der Waals surface area contributed by atoms with Crippen LogP contribution in [0.3, 0.4) is 0 Å². The van der Waals surface area contributed by atoms with Crippen LogP contribution >= 0.6 is 0 Å². The summed E-state index contributed by atoms with van der Waals surface area (Å²) in [6.45, 7) is 6.23. The van der Waals surface area contributed by atoms with Gasteiger partial charge in [0.1, 0.15) is 23.9 Å². The topological polar surface area (TPSA) is 121 Å². The van der Waals surface area contributed by atoms with Crippen molar-refractivity contribution in [2.24, 2.45) is 5.92 Å². The number of rotatable bonds is 3. The quantitative estimate of drug-likeness (QED) is 0.400. The summed E-state index contributed by atoms with van der Waals surface area (Å²) in [4.78, 5) is 40.9. The zero-order chi connectivity index (χ0) is 28.4. The van der Waals surface area contributed by atoms with Crippen molar-refractivity contribution in [3.05, 3.63) is 71.8 Å². The van der Waals surface area contributed by atoms with E-state index in [1.165, 1.54) is 0 Å². The molecule has 0 aliphatic carbocycles. The van der Waals surface area contributed by atoms with Gasteiger partial charge in [-0.05, 0) is 43.5 Å². The molecule has 2 heterocycles. The van der Waals surface area contributed by atoms with Crippen molar-refractivity contribution < 1.29 is 19.1 Å². The van der Waals surface area contributed by atoms with Crippen molar-refractivity contribution in [1.82, 2.24) is 26.6 Å². The Bertz CT molecular complexity index is 1180. The highest BCUT2D eigenvalue weighted by atomic mass is 16.5. The fraction of sp³-hybridized carbons (Fsp3) is 0.452. The van der Waals surface area contributed by atoms with Gasteiger partial charge in [0.15, 0.2) is 0 Å². The predicted octanol–water partition coefficient (Wildman–Crippen LogP) is 1.79. The van der Waals surface area contributed by atoms with E-state index >= 15 is 0 Å². The summed E-state index contributed by atoms with van der Waals surface area (Å²) in [6, 6.07) is 16.0. The summed E-state index contributed by atoms with van der Waals surface area (Å²) in [5.41, 5.74) is 0.699. The summed E-state index contributed by atoms with van der Waals surface area (Å²) in [6.07, 6.45) is 4.96. The molecule has 9 nitrogen and oxygen atoms in total. The Morgan fingerprint density at radius 3 is 2.40 bits per heavy atom. The molecule has 40 heavy (non-hydrogen) atoms. The first-order valence-corrected chi connectivity index (χ1v) is 14.1. The summed E-state index contributed by atoms with van der Waals surface area (Å²) in [5.74, 6) is -0.152. The molecular formula is C31H41N5O4. The number of carbonyl (C=O) groups is 3. The second-order valence-corrected chi connectivity index (χ2v) is 10.7. The lowest BCUT2D eigenvalue weighted by molar-refractivity contribution is -0.138. The highest BCUT2D eigenvalue weighted by molar-refractivity contribution is 5.96. The van der Waals surface area contributed by atoms with Crippen LogP contribution in [0.1, 0.15) is 37.8 Å². The molecule has 9 heteroatoms. The van der Waals surface area contributed by atoms with Crippen molar-refractivity contribution in [3.63, 3.8) is 0 Å². The zero-order valence-electron chi connectivity index (χ0n) is 23.4. The van der Waals surface area contributed by atoms with E-state index in [-0.39, 0.29) is 30.2 Å². The minimum Gasteiger partial charge on any atom is -0.492 e. The Labute approximate surface area is 236 Å². The van der Waals surface area contributed by atoms with E-state index < -0.39 is 17.6 Å². The average Bonchev–Trinajstić information content (AvgIpc) is 2.95. The van der Waals surface area contributed by atoms with Gasteiger partial charge in [-0.3, -0.25) is 14.4 Å². The van der Waals surface area contributed by atoms with Crippen molar-refractivity contribution in [1.29, 1.82) is 0 Å². The van der Waals surface area contributed by atoms with Crippen molar-refractivity contribution in [2.45, 2.75) is 50.7 Å². The third-order valence-electron chi connectivity index (χ3n) is 7.44. The number of amides is 3. The Kier molecular flexibility index (Phi) is 10.3. The SMILES string of the molecule is CC(C)[C@@H]1NCCOc2ccccc2/C=C\CNC(=O)[C@H](Cc2ccccc2)NC(=O)C2(CCNCC2)NC1=O. The minimum atomic E-state index is -1.12. The molecule has 2 aliphatic heterocycles. The van der Waals surface area contributed by atoms with Gasteiger partial charge in [-0.15, -0.1) is 0 Å². The van der Waals surface area contributed by atoms with E-state index in [0.717, 1.165) is 16.9 Å². The van der Waals surface area contributed by atoms with E-state index in [0.29, 0.717) is 45.5 Å². The second-order valence-electron chi connectivity index (χ2n) is 10.7. The molecule has 3 amide bonds. The maximum absolute atomic E-state index is 13.9. The molecule has 0 unspecified atom stereocenters. The lowest BCUT2D eigenvalue weighted by Crippen LogP contribution is -2.67. The normalized spacial score (nSPS) is 23.5. The van der Waals surface area contributed by atoms with Gasteiger partial charge in [0.2, 0.25) is 17.7 Å². The van der Waals surface area contributed by atoms with Crippen LogP contribution in [0.2, 0.25) is 0 Å². The Hall–Kier alpha value is -3.69. The van der Waals surface area contributed by atoms with Gasteiger partial charge in [0.05, 0.1) is 6.04 Å². The van der Waals surface area contributed by atoms with E-state index in [1.807, 2.05) is 80.6 Å². The molecule has 1 fully saturated rings. The first-order chi connectivity index (χ1) is 19.4. The van der Waals surface area contributed by atoms with Crippen molar-refractivity contribution in [2.75, 3.05) is 32.8 Å². The standard InChI is InChI=1S/C31H41N5O4/c1-22(2)27-29(38)36-31(14-17-32-18-15-31)30(39)35-25(21-23-9-4-3-5-10-23)28(37)34-16-8-12-24-11-6-7-13-26(24)40-20-19-33-27/h3-13,22,25,27,32-33H,14-21H2,1-2H3,(H,34,37)(H,35,39)(H,36,38)/b12-8-/t25-,27-/m0/s1. The van der Waals surface area contributed by atoms with Gasteiger partial charge in [-0.25, -0.2) is 0 Å². The van der Waals surface area contributed by atoms with Crippen LogP contribution in [0.4, 0.5) is 0 Å². The fourth-order valence-electron chi connectivity index (χ4n) is 5.16. The molecule has 2 aromatic carbocycles. The Balaban J connectivity index is 1.64. The maximum Gasteiger partial charge on any atom is 0.246 e. The Morgan fingerprint density at radius 1 is 0.925 bits per heavy atom. The molecule has 2 aromatic rings. The highest BCUT2D eigenvalue weighted by Gasteiger charge is 2.43. The fourth-order valence-corrected chi connectivity index (χ4v) is 5.16. The van der Waals surface area contributed by atoms with Crippen LogP contribution < -0.4 is 31.3 Å². The monoisotopic (exact) mass is 547 g/mol. The lowest BCUT2D eigenvalue weighted by Gasteiger charge is -2.39. The van der Waals surface area contributed by atoms with Gasteiger partial charge >= 0.3 is 0 Å². The van der Waals surface area contributed by atoms with Crippen LogP contribution in [0, 0.1) is 5.92 Å². The van der Waals surface area contributed by atoms with E-state index in [9.17, 15) is 14.4 Å². The molecule has 1 spiro atoms. The van der Waals surface area contributed by atoms with Gasteiger partial charge in [0, 0.05) is 25.1 Å². The van der Waals surface area contributed by atoms with Gasteiger partial charge < -0.3 is 31.3 Å². The molecule has 0 aromatic heterocycles. The largest absolute Gasteiger partial charge is 0.492 e. The molecular weight excluding hydrogens is 506 g/mol. The predicted molar refractivity (Wildman–Crippen MR) is 156 cm³/mol. The van der Waals surface area contributed by atoms with Gasteiger partial charge in [-0.2, -0.15) is 0 Å². The number of fused-ring (bicyclic) bond motifs is 1. The molecule has 2 aliphatic rings. The number of carbonyl (C=O) groups excluding carboxylic acids is 3. The number of benzene rings is 2. The number of piperidine rings is 1. The number of hydrogen-bond acceptors (Lipinski definition) is 6. The molecule has 0 saturated carbocycles. The Morgan fingerprint density at radius 2 is 1.65 bits per heavy atom. The van der Waals surface area contributed by atoms with Crippen LogP contribution in [0.25, 0.3) is 6.08 Å². The third-order valence-corrected chi connectivity index (χ3v) is 7.44. The molecule has 5 N–H and O–H groups in total. The van der Waals surface area contributed by atoms with Gasteiger partial charge in [-0.1, -0.05) is 74.5 Å². The average molecular weight is 548 g/mol. The summed E-state index contributed by atoms with van der Waals surface area (Å²) < 4.78 is 6.02. The highest BCUT2D eigenvalue weighted by Crippen LogP contribution is 2.22. The molecule has 4 rings (SSSR count). The number of ether oxygens (including phenoxy) is 1. The van der Waals surface area contributed by atoms with E-state index in [4.69, 9.17) is 4.74 Å². The first kappa shape index (κ1) is 29.3. The van der Waals surface area contributed by atoms with Gasteiger partial charge in [0.25, 0.3) is 0 Å². The number of hydrogen-bond donors (Lipinski definition) is 5. The summed E-state index contributed by atoms with van der Waals surface area (Å²) in [7, 11) is 0. The van der Waals surface area contributed by atoms with Crippen LogP contribution in [0.5, 0.6) is 5.75 Å². The molecule has 0 bridgehead atoms. The zero-order valence-corrected chi connectivity index (χ0v) is 23.4. The van der Waals surface area contributed by atoms with E-state index in [2.05, 4.69) is 26.6 Å². The van der Waals surface area contributed by atoms with Crippen LogP contribution in [0.15, 0.2) is 60.7 Å². The van der Waals surface area contributed by atoms with Crippen molar-refractivity contribution >= 4 is 23.8 Å². The summed E-state index contributed by atoms with van der Waals surface area (Å²) >= 11 is 0. The maximum atomic E-state index is 13.9. The number of para-hydroxylation sites is 1. The first-order valence-electron chi connectivity index (χ1n) is 14.1. The minimum absolute atomic E-state index is 0.0146. The molecule has 0 radical (unpaired) electrons.